The summed E-state index contributed by atoms with van der Waals surface area (Å²) in [6.07, 6.45) is 0.438. The summed E-state index contributed by atoms with van der Waals surface area (Å²) in [5, 5.41) is 13.5. The number of fused-ring (bicyclic) bond motifs is 1. The van der Waals surface area contributed by atoms with E-state index in [1.807, 2.05) is 24.3 Å². The van der Waals surface area contributed by atoms with Gasteiger partial charge in [0.05, 0.1) is 12.8 Å². The highest BCUT2D eigenvalue weighted by molar-refractivity contribution is 7.19. The molecular formula is C17H20N6O2S. The molecule has 0 aliphatic rings. The van der Waals surface area contributed by atoms with Gasteiger partial charge < -0.3 is 9.80 Å². The van der Waals surface area contributed by atoms with Crippen molar-refractivity contribution in [3.8, 4) is 10.6 Å². The topological polar surface area (TPSA) is 83.7 Å². The van der Waals surface area contributed by atoms with E-state index in [0.717, 1.165) is 16.1 Å². The summed E-state index contributed by atoms with van der Waals surface area (Å²) in [4.78, 5) is 27.7. The lowest BCUT2D eigenvalue weighted by Gasteiger charge is -2.12. The molecule has 3 aromatic rings. The molecule has 9 heteroatoms. The highest BCUT2D eigenvalue weighted by Crippen LogP contribution is 2.29. The number of amides is 2. The molecule has 26 heavy (non-hydrogen) atoms. The van der Waals surface area contributed by atoms with Gasteiger partial charge in [0.2, 0.25) is 16.8 Å². The first-order valence-electron chi connectivity index (χ1n) is 8.06. The van der Waals surface area contributed by atoms with Crippen molar-refractivity contribution in [2.24, 2.45) is 0 Å². The van der Waals surface area contributed by atoms with Gasteiger partial charge in [-0.3, -0.25) is 9.59 Å². The number of rotatable bonds is 5. The molecule has 0 unspecified atom stereocenters. The predicted octanol–water partition coefficient (Wildman–Crippen LogP) is 1.11. The Hall–Kier alpha value is -2.81. The van der Waals surface area contributed by atoms with Crippen LogP contribution >= 0.6 is 11.3 Å². The van der Waals surface area contributed by atoms with Gasteiger partial charge >= 0.3 is 0 Å². The summed E-state index contributed by atoms with van der Waals surface area (Å²) >= 11 is 1.38. The number of likely N-dealkylation sites (N-methyl/N-ethyl adjacent to an activating group) is 2. The fourth-order valence-corrected chi connectivity index (χ4v) is 3.29. The monoisotopic (exact) mass is 372 g/mol. The van der Waals surface area contributed by atoms with E-state index in [4.69, 9.17) is 0 Å². The number of nitrogens with zero attached hydrogens (tertiary/aromatic N) is 6. The maximum atomic E-state index is 12.1. The molecule has 0 fully saturated rings. The predicted molar refractivity (Wildman–Crippen MR) is 98.9 cm³/mol. The molecule has 0 spiro atoms. The SMILES string of the molecule is CN(C)C(=O)Cc1ccccc1-c1nn2c(CC(=O)N(C)C)nnc2s1. The maximum absolute atomic E-state index is 12.1. The zero-order chi connectivity index (χ0) is 18.8. The number of hydrogen-bond donors (Lipinski definition) is 0. The maximum Gasteiger partial charge on any atom is 0.234 e. The van der Waals surface area contributed by atoms with E-state index in [2.05, 4.69) is 15.3 Å². The Morgan fingerprint density at radius 3 is 2.35 bits per heavy atom. The molecule has 2 amide bonds. The van der Waals surface area contributed by atoms with Crippen molar-refractivity contribution >= 4 is 28.1 Å². The normalized spacial score (nSPS) is 10.9. The smallest absolute Gasteiger partial charge is 0.234 e. The number of carbonyl (C=O) groups excluding carboxylic acids is 2. The van der Waals surface area contributed by atoms with E-state index in [-0.39, 0.29) is 18.2 Å². The first-order chi connectivity index (χ1) is 12.4. The van der Waals surface area contributed by atoms with E-state index in [1.54, 1.807) is 37.6 Å². The van der Waals surface area contributed by atoms with Crippen molar-refractivity contribution in [3.05, 3.63) is 35.7 Å². The minimum atomic E-state index is -0.0640. The molecule has 3 rings (SSSR count). The molecule has 0 radical (unpaired) electrons. The third kappa shape index (κ3) is 3.57. The molecule has 8 nitrogen and oxygen atoms in total. The Kier molecular flexibility index (Phi) is 4.99. The van der Waals surface area contributed by atoms with Crippen molar-refractivity contribution in [1.29, 1.82) is 0 Å². The lowest BCUT2D eigenvalue weighted by atomic mass is 10.0. The fraction of sp³-hybridized carbons (Fsp3) is 0.353. The third-order valence-corrected chi connectivity index (χ3v) is 4.88. The third-order valence-electron chi connectivity index (χ3n) is 3.95. The molecule has 0 aliphatic carbocycles. The van der Waals surface area contributed by atoms with E-state index in [1.165, 1.54) is 16.2 Å². The molecule has 2 heterocycles. The average molecular weight is 372 g/mol. The van der Waals surface area contributed by atoms with Crippen molar-refractivity contribution in [2.45, 2.75) is 12.8 Å². The summed E-state index contributed by atoms with van der Waals surface area (Å²) in [6, 6.07) is 7.69. The Morgan fingerprint density at radius 1 is 1.00 bits per heavy atom. The Morgan fingerprint density at radius 2 is 1.65 bits per heavy atom. The van der Waals surface area contributed by atoms with Gasteiger partial charge in [-0.25, -0.2) is 0 Å². The van der Waals surface area contributed by atoms with Gasteiger partial charge in [0.15, 0.2) is 5.82 Å². The second kappa shape index (κ2) is 7.20. The van der Waals surface area contributed by atoms with E-state index >= 15 is 0 Å². The lowest BCUT2D eigenvalue weighted by Crippen LogP contribution is -2.24. The molecule has 0 aliphatic heterocycles. The van der Waals surface area contributed by atoms with Crippen LogP contribution in [-0.4, -0.2) is 69.6 Å². The van der Waals surface area contributed by atoms with Gasteiger partial charge in [0.1, 0.15) is 5.01 Å². The van der Waals surface area contributed by atoms with Crippen LogP contribution in [0, 0.1) is 0 Å². The summed E-state index contributed by atoms with van der Waals surface area (Å²) in [6.45, 7) is 0. The van der Waals surface area contributed by atoms with E-state index in [0.29, 0.717) is 17.2 Å². The zero-order valence-electron chi connectivity index (χ0n) is 15.1. The molecule has 0 bridgehead atoms. The van der Waals surface area contributed by atoms with Gasteiger partial charge in [-0.2, -0.15) is 9.61 Å². The van der Waals surface area contributed by atoms with Crippen molar-refractivity contribution in [2.75, 3.05) is 28.2 Å². The Balaban J connectivity index is 1.96. The van der Waals surface area contributed by atoms with Crippen LogP contribution < -0.4 is 0 Å². The van der Waals surface area contributed by atoms with Gasteiger partial charge in [-0.05, 0) is 5.56 Å². The summed E-state index contributed by atoms with van der Waals surface area (Å²) in [5.41, 5.74) is 1.80. The first-order valence-corrected chi connectivity index (χ1v) is 8.88. The first kappa shape index (κ1) is 18.0. The number of aromatic nitrogens is 4. The minimum Gasteiger partial charge on any atom is -0.349 e. The molecule has 0 saturated heterocycles. The molecular weight excluding hydrogens is 352 g/mol. The van der Waals surface area contributed by atoms with Crippen LogP contribution in [0.25, 0.3) is 15.5 Å². The van der Waals surface area contributed by atoms with Crippen LogP contribution in [0.1, 0.15) is 11.4 Å². The van der Waals surface area contributed by atoms with Crippen molar-refractivity contribution < 1.29 is 9.59 Å². The second-order valence-electron chi connectivity index (χ2n) is 6.30. The quantitative estimate of drug-likeness (QED) is 0.670. The number of benzene rings is 1. The Labute approximate surface area is 155 Å². The molecule has 2 aromatic heterocycles. The Bertz CT molecular complexity index is 959. The lowest BCUT2D eigenvalue weighted by molar-refractivity contribution is -0.128. The highest BCUT2D eigenvalue weighted by Gasteiger charge is 2.18. The minimum absolute atomic E-state index is 0.0257. The summed E-state index contributed by atoms with van der Waals surface area (Å²) in [7, 11) is 6.88. The molecule has 136 valence electrons. The van der Waals surface area contributed by atoms with Crippen molar-refractivity contribution in [3.63, 3.8) is 0 Å². The summed E-state index contributed by atoms with van der Waals surface area (Å²) < 4.78 is 1.60. The molecule has 0 atom stereocenters. The van der Waals surface area contributed by atoms with Gasteiger partial charge in [-0.1, -0.05) is 35.6 Å². The van der Waals surface area contributed by atoms with Crippen LogP contribution in [0.5, 0.6) is 0 Å². The molecule has 0 N–H and O–H groups in total. The van der Waals surface area contributed by atoms with Crippen molar-refractivity contribution in [1.82, 2.24) is 29.6 Å². The largest absolute Gasteiger partial charge is 0.349 e. The van der Waals surface area contributed by atoms with E-state index < -0.39 is 0 Å². The van der Waals surface area contributed by atoms with E-state index in [9.17, 15) is 9.59 Å². The van der Waals surface area contributed by atoms with Crippen LogP contribution in [-0.2, 0) is 22.4 Å². The second-order valence-corrected chi connectivity index (χ2v) is 7.26. The standard InChI is InChI=1S/C17H20N6O2S/c1-21(2)14(24)9-11-7-5-6-8-12(11)16-20-23-13(10-15(25)22(3)4)18-19-17(23)26-16/h5-8H,9-10H2,1-4H3. The van der Waals surface area contributed by atoms with Gasteiger partial charge in [-0.15, -0.1) is 10.2 Å². The average Bonchev–Trinajstić information content (AvgIpc) is 3.17. The zero-order valence-corrected chi connectivity index (χ0v) is 15.9. The van der Waals surface area contributed by atoms with Crippen LogP contribution in [0.15, 0.2) is 24.3 Å². The highest BCUT2D eigenvalue weighted by atomic mass is 32.1. The van der Waals surface area contributed by atoms with Gasteiger partial charge in [0, 0.05) is 33.8 Å². The van der Waals surface area contributed by atoms with Gasteiger partial charge in [0.25, 0.3) is 0 Å². The fourth-order valence-electron chi connectivity index (χ4n) is 2.37. The summed E-state index contributed by atoms with van der Waals surface area (Å²) in [5.74, 6) is 0.464. The number of hydrogen-bond acceptors (Lipinski definition) is 6. The van der Waals surface area contributed by atoms with Crippen LogP contribution in [0.2, 0.25) is 0 Å². The molecule has 1 aromatic carbocycles. The number of carbonyl (C=O) groups is 2. The van der Waals surface area contributed by atoms with Crippen LogP contribution in [0.4, 0.5) is 0 Å². The molecule has 0 saturated carbocycles. The van der Waals surface area contributed by atoms with Crippen LogP contribution in [0.3, 0.4) is 0 Å².